The number of carboxylic acid groups (broad SMARTS) is 1. The second kappa shape index (κ2) is 8.83. The number of hydrogen-bond acceptors (Lipinski definition) is 5. The number of esters is 1. The maximum Gasteiger partial charge on any atom is 0.326 e. The minimum Gasteiger partial charge on any atom is -0.480 e. The molecule has 2 rings (SSSR count). The molecule has 6 nitrogen and oxygen atoms in total. The fourth-order valence-electron chi connectivity index (χ4n) is 1.97. The first-order valence-corrected chi connectivity index (χ1v) is 8.21. The molecule has 0 fully saturated rings. The molecule has 0 spiro atoms. The number of ether oxygens (including phenoxy) is 1. The first-order chi connectivity index (χ1) is 11.6. The van der Waals surface area contributed by atoms with E-state index in [1.807, 2.05) is 30.3 Å². The summed E-state index contributed by atoms with van der Waals surface area (Å²) in [5, 5.41) is 13.3. The zero-order chi connectivity index (χ0) is 17.4. The van der Waals surface area contributed by atoms with Gasteiger partial charge in [-0.2, -0.15) is 0 Å². The van der Waals surface area contributed by atoms with Gasteiger partial charge in [-0.15, -0.1) is 11.3 Å². The Labute approximate surface area is 143 Å². The molecule has 1 aromatic heterocycles. The van der Waals surface area contributed by atoms with Crippen molar-refractivity contribution in [3.05, 3.63) is 58.3 Å². The van der Waals surface area contributed by atoms with Crippen molar-refractivity contribution < 1.29 is 24.2 Å². The number of aliphatic carboxylic acids is 1. The van der Waals surface area contributed by atoms with Crippen molar-refractivity contribution in [2.24, 2.45) is 0 Å². The zero-order valence-electron chi connectivity index (χ0n) is 12.8. The minimum atomic E-state index is -1.18. The van der Waals surface area contributed by atoms with E-state index in [1.165, 1.54) is 11.3 Å². The highest BCUT2D eigenvalue weighted by atomic mass is 32.1. The SMILES string of the molecule is O=C(CCC(NC(=O)c1cccs1)C(=O)O)OCc1ccccc1. The Kier molecular flexibility index (Phi) is 6.51. The van der Waals surface area contributed by atoms with E-state index in [9.17, 15) is 19.5 Å². The normalized spacial score (nSPS) is 11.5. The van der Waals surface area contributed by atoms with Crippen LogP contribution in [0.1, 0.15) is 28.1 Å². The molecule has 2 aromatic rings. The summed E-state index contributed by atoms with van der Waals surface area (Å²) in [5.74, 6) is -2.15. The van der Waals surface area contributed by atoms with Crippen molar-refractivity contribution in [3.8, 4) is 0 Å². The number of benzene rings is 1. The van der Waals surface area contributed by atoms with Crippen LogP contribution < -0.4 is 5.32 Å². The van der Waals surface area contributed by atoms with Crippen molar-refractivity contribution in [2.75, 3.05) is 0 Å². The second-order valence-electron chi connectivity index (χ2n) is 5.03. The highest BCUT2D eigenvalue weighted by Crippen LogP contribution is 2.10. The van der Waals surface area contributed by atoms with E-state index in [0.717, 1.165) is 5.56 Å². The Morgan fingerprint density at radius 1 is 1.12 bits per heavy atom. The first-order valence-electron chi connectivity index (χ1n) is 7.33. The van der Waals surface area contributed by atoms with E-state index in [2.05, 4.69) is 5.32 Å². The van der Waals surface area contributed by atoms with Crippen molar-refractivity contribution in [2.45, 2.75) is 25.5 Å². The lowest BCUT2D eigenvalue weighted by molar-refractivity contribution is -0.145. The lowest BCUT2D eigenvalue weighted by Gasteiger charge is -2.13. The van der Waals surface area contributed by atoms with E-state index < -0.39 is 23.9 Å². The summed E-state index contributed by atoms with van der Waals surface area (Å²) < 4.78 is 5.09. The van der Waals surface area contributed by atoms with Gasteiger partial charge in [0.2, 0.25) is 0 Å². The highest BCUT2D eigenvalue weighted by molar-refractivity contribution is 7.12. The minimum absolute atomic E-state index is 0.0277. The molecule has 126 valence electrons. The molecule has 2 N–H and O–H groups in total. The monoisotopic (exact) mass is 347 g/mol. The smallest absolute Gasteiger partial charge is 0.326 e. The molecule has 0 saturated heterocycles. The molecule has 1 unspecified atom stereocenters. The van der Waals surface area contributed by atoms with Crippen molar-refractivity contribution >= 4 is 29.2 Å². The Morgan fingerprint density at radius 3 is 2.50 bits per heavy atom. The third-order valence-corrected chi connectivity index (χ3v) is 4.10. The number of carbonyl (C=O) groups excluding carboxylic acids is 2. The summed E-state index contributed by atoms with van der Waals surface area (Å²) >= 11 is 1.22. The Morgan fingerprint density at radius 2 is 1.88 bits per heavy atom. The number of carboxylic acids is 1. The predicted octanol–water partition coefficient (Wildman–Crippen LogP) is 2.45. The van der Waals surface area contributed by atoms with Gasteiger partial charge in [0, 0.05) is 6.42 Å². The summed E-state index contributed by atoms with van der Waals surface area (Å²) in [5.41, 5.74) is 0.853. The standard InChI is InChI=1S/C17H17NO5S/c19-15(23-11-12-5-2-1-3-6-12)9-8-13(17(21)22)18-16(20)14-7-4-10-24-14/h1-7,10,13H,8-9,11H2,(H,18,20)(H,21,22). The van der Waals surface area contributed by atoms with Crippen molar-refractivity contribution in [1.29, 1.82) is 0 Å². The van der Waals surface area contributed by atoms with Crippen LogP contribution >= 0.6 is 11.3 Å². The van der Waals surface area contributed by atoms with Gasteiger partial charge < -0.3 is 15.2 Å². The van der Waals surface area contributed by atoms with Gasteiger partial charge in [0.25, 0.3) is 5.91 Å². The van der Waals surface area contributed by atoms with Crippen LogP contribution in [0.25, 0.3) is 0 Å². The zero-order valence-corrected chi connectivity index (χ0v) is 13.6. The molecule has 0 aliphatic carbocycles. The average molecular weight is 347 g/mol. The van der Waals surface area contributed by atoms with Gasteiger partial charge in [-0.1, -0.05) is 36.4 Å². The second-order valence-corrected chi connectivity index (χ2v) is 5.97. The lowest BCUT2D eigenvalue weighted by Crippen LogP contribution is -2.40. The fraction of sp³-hybridized carbons (Fsp3) is 0.235. The average Bonchev–Trinajstić information content (AvgIpc) is 3.12. The van der Waals surface area contributed by atoms with E-state index in [1.54, 1.807) is 17.5 Å². The molecule has 1 heterocycles. The van der Waals surface area contributed by atoms with E-state index in [-0.39, 0.29) is 19.4 Å². The predicted molar refractivity (Wildman–Crippen MR) is 88.7 cm³/mol. The fourth-order valence-corrected chi connectivity index (χ4v) is 2.59. The molecule has 24 heavy (non-hydrogen) atoms. The molecule has 0 saturated carbocycles. The van der Waals surface area contributed by atoms with Crippen LogP contribution in [0.2, 0.25) is 0 Å². The van der Waals surface area contributed by atoms with E-state index in [0.29, 0.717) is 4.88 Å². The number of amides is 1. The van der Waals surface area contributed by atoms with Crippen LogP contribution in [0.3, 0.4) is 0 Å². The lowest BCUT2D eigenvalue weighted by atomic mass is 10.1. The van der Waals surface area contributed by atoms with E-state index >= 15 is 0 Å². The molecule has 0 radical (unpaired) electrons. The largest absolute Gasteiger partial charge is 0.480 e. The molecule has 0 bridgehead atoms. The number of hydrogen-bond donors (Lipinski definition) is 2. The van der Waals surface area contributed by atoms with Crippen molar-refractivity contribution in [1.82, 2.24) is 5.32 Å². The van der Waals surface area contributed by atoms with Crippen LogP contribution in [-0.2, 0) is 20.9 Å². The van der Waals surface area contributed by atoms with Gasteiger partial charge >= 0.3 is 11.9 Å². The summed E-state index contributed by atoms with van der Waals surface area (Å²) in [4.78, 5) is 35.3. The van der Waals surface area contributed by atoms with Crippen LogP contribution in [0.15, 0.2) is 47.8 Å². The Hall–Kier alpha value is -2.67. The topological polar surface area (TPSA) is 92.7 Å². The quantitative estimate of drug-likeness (QED) is 0.716. The van der Waals surface area contributed by atoms with Gasteiger partial charge in [-0.3, -0.25) is 9.59 Å². The highest BCUT2D eigenvalue weighted by Gasteiger charge is 2.22. The molecule has 7 heteroatoms. The molecular weight excluding hydrogens is 330 g/mol. The molecule has 0 aliphatic heterocycles. The van der Waals surface area contributed by atoms with Gasteiger partial charge in [0.1, 0.15) is 12.6 Å². The van der Waals surface area contributed by atoms with Crippen LogP contribution in [0.4, 0.5) is 0 Å². The molecule has 1 aromatic carbocycles. The van der Waals surface area contributed by atoms with Gasteiger partial charge in [0.05, 0.1) is 4.88 Å². The Bertz CT molecular complexity index is 684. The van der Waals surface area contributed by atoms with E-state index in [4.69, 9.17) is 4.74 Å². The van der Waals surface area contributed by atoms with Crippen LogP contribution in [0, 0.1) is 0 Å². The summed E-state index contributed by atoms with van der Waals surface area (Å²) in [6.07, 6.45) is -0.116. The molecular formula is C17H17NO5S. The number of nitrogens with one attached hydrogen (secondary N) is 1. The first kappa shape index (κ1) is 17.7. The third-order valence-electron chi connectivity index (χ3n) is 3.23. The Balaban J connectivity index is 1.79. The molecule has 0 aliphatic rings. The third kappa shape index (κ3) is 5.51. The number of rotatable bonds is 8. The van der Waals surface area contributed by atoms with Crippen LogP contribution in [-0.4, -0.2) is 29.0 Å². The number of thiophene rings is 1. The molecule has 1 amide bonds. The summed E-state index contributed by atoms with van der Waals surface area (Å²) in [6, 6.07) is 11.4. The van der Waals surface area contributed by atoms with Gasteiger partial charge in [-0.25, -0.2) is 4.79 Å². The molecule has 1 atom stereocenters. The maximum absolute atomic E-state index is 11.9. The van der Waals surface area contributed by atoms with Gasteiger partial charge in [-0.05, 0) is 23.4 Å². The summed E-state index contributed by atoms with van der Waals surface area (Å²) in [6.45, 7) is 0.138. The van der Waals surface area contributed by atoms with Crippen LogP contribution in [0.5, 0.6) is 0 Å². The van der Waals surface area contributed by atoms with Crippen molar-refractivity contribution in [3.63, 3.8) is 0 Å². The number of carbonyl (C=O) groups is 3. The van der Waals surface area contributed by atoms with Gasteiger partial charge in [0.15, 0.2) is 0 Å². The maximum atomic E-state index is 11.9. The summed E-state index contributed by atoms with van der Waals surface area (Å²) in [7, 11) is 0.